The Morgan fingerprint density at radius 1 is 1.32 bits per heavy atom. The van der Waals surface area contributed by atoms with E-state index < -0.39 is 6.10 Å². The molecular formula is C19H22N2O. The number of benzene rings is 1. The van der Waals surface area contributed by atoms with Gasteiger partial charge in [-0.15, -0.1) is 6.58 Å². The lowest BCUT2D eigenvalue weighted by Gasteiger charge is -2.50. The molecule has 3 saturated heterocycles. The van der Waals surface area contributed by atoms with Gasteiger partial charge in [-0.2, -0.15) is 0 Å². The van der Waals surface area contributed by atoms with Crippen molar-refractivity contribution in [3.8, 4) is 0 Å². The minimum Gasteiger partial charge on any atom is -0.387 e. The highest BCUT2D eigenvalue weighted by Gasteiger charge is 2.42. The summed E-state index contributed by atoms with van der Waals surface area (Å²) in [5, 5.41) is 12.1. The summed E-state index contributed by atoms with van der Waals surface area (Å²) in [6, 6.07) is 10.3. The zero-order chi connectivity index (χ0) is 15.1. The van der Waals surface area contributed by atoms with E-state index >= 15 is 0 Å². The Labute approximate surface area is 131 Å². The molecule has 2 aromatic rings. The summed E-state index contributed by atoms with van der Waals surface area (Å²) in [5.74, 6) is 1.27. The zero-order valence-electron chi connectivity index (χ0n) is 12.7. The molecule has 5 atom stereocenters. The van der Waals surface area contributed by atoms with Crippen LogP contribution in [-0.4, -0.2) is 34.1 Å². The van der Waals surface area contributed by atoms with Crippen LogP contribution < -0.4 is 0 Å². The average Bonchev–Trinajstić information content (AvgIpc) is 2.60. The van der Waals surface area contributed by atoms with Gasteiger partial charge in [0, 0.05) is 24.2 Å². The van der Waals surface area contributed by atoms with Crippen molar-refractivity contribution >= 4 is 10.9 Å². The molecule has 1 N–H and O–H groups in total. The maximum Gasteiger partial charge on any atom is 0.0952 e. The number of hydrogen-bond donors (Lipinski definition) is 1. The first-order chi connectivity index (χ1) is 10.8. The van der Waals surface area contributed by atoms with Crippen molar-refractivity contribution in [2.75, 3.05) is 13.1 Å². The van der Waals surface area contributed by atoms with Gasteiger partial charge in [0.05, 0.1) is 11.6 Å². The van der Waals surface area contributed by atoms with Crippen LogP contribution in [0.1, 0.15) is 24.5 Å². The molecule has 1 unspecified atom stereocenters. The van der Waals surface area contributed by atoms with E-state index in [2.05, 4.69) is 28.6 Å². The molecule has 22 heavy (non-hydrogen) atoms. The largest absolute Gasteiger partial charge is 0.387 e. The molecule has 5 rings (SSSR count). The first-order valence-corrected chi connectivity index (χ1v) is 8.16. The van der Waals surface area contributed by atoms with Gasteiger partial charge < -0.3 is 5.11 Å². The summed E-state index contributed by atoms with van der Waals surface area (Å²) in [6.07, 6.45) is 5.76. The summed E-state index contributed by atoms with van der Waals surface area (Å²) in [5.41, 5.74) is 1.97. The van der Waals surface area contributed by atoms with E-state index in [0.717, 1.165) is 36.0 Å². The van der Waals surface area contributed by atoms with E-state index in [1.807, 2.05) is 30.5 Å². The third kappa shape index (κ3) is 2.16. The molecule has 2 bridgehead atoms. The molecular weight excluding hydrogens is 272 g/mol. The van der Waals surface area contributed by atoms with Crippen LogP contribution in [0.3, 0.4) is 0 Å². The van der Waals surface area contributed by atoms with Crippen LogP contribution in [0.2, 0.25) is 0 Å². The van der Waals surface area contributed by atoms with Gasteiger partial charge in [-0.1, -0.05) is 24.3 Å². The van der Waals surface area contributed by atoms with Crippen molar-refractivity contribution in [2.24, 2.45) is 11.8 Å². The van der Waals surface area contributed by atoms with E-state index in [9.17, 15) is 5.11 Å². The van der Waals surface area contributed by atoms with Crippen LogP contribution in [-0.2, 0) is 0 Å². The van der Waals surface area contributed by atoms with Crippen molar-refractivity contribution in [3.63, 3.8) is 0 Å². The topological polar surface area (TPSA) is 36.4 Å². The number of hydrogen-bond acceptors (Lipinski definition) is 3. The minimum atomic E-state index is -0.443. The summed E-state index contributed by atoms with van der Waals surface area (Å²) in [4.78, 5) is 6.86. The lowest BCUT2D eigenvalue weighted by molar-refractivity contribution is -0.0444. The van der Waals surface area contributed by atoms with Crippen molar-refractivity contribution in [2.45, 2.75) is 25.0 Å². The number of fused-ring (bicyclic) bond motifs is 4. The van der Waals surface area contributed by atoms with Gasteiger partial charge in [0.25, 0.3) is 0 Å². The second-order valence-corrected chi connectivity index (χ2v) is 6.61. The van der Waals surface area contributed by atoms with Crippen LogP contribution in [0, 0.1) is 11.8 Å². The Hall–Kier alpha value is -1.71. The van der Waals surface area contributed by atoms with E-state index in [-0.39, 0.29) is 6.04 Å². The molecule has 3 heteroatoms. The fourth-order valence-corrected chi connectivity index (χ4v) is 4.29. The number of piperidine rings is 3. The van der Waals surface area contributed by atoms with Gasteiger partial charge in [0.2, 0.25) is 0 Å². The molecule has 114 valence electrons. The number of aliphatic hydroxyl groups is 1. The fraction of sp³-hybridized carbons (Fsp3) is 0.421. The molecule has 0 saturated carbocycles. The number of rotatable bonds is 3. The summed E-state index contributed by atoms with van der Waals surface area (Å²) in [6.45, 7) is 6.11. The maximum absolute atomic E-state index is 11.0. The van der Waals surface area contributed by atoms with Gasteiger partial charge in [0.15, 0.2) is 0 Å². The maximum atomic E-state index is 11.0. The van der Waals surface area contributed by atoms with Crippen LogP contribution in [0.15, 0.2) is 49.2 Å². The molecule has 3 aliphatic rings. The number of nitrogens with zero attached hydrogens (tertiary/aromatic N) is 2. The van der Waals surface area contributed by atoms with Crippen molar-refractivity contribution < 1.29 is 5.11 Å². The zero-order valence-corrected chi connectivity index (χ0v) is 12.7. The van der Waals surface area contributed by atoms with E-state index in [1.165, 1.54) is 6.42 Å². The Morgan fingerprint density at radius 2 is 2.18 bits per heavy atom. The normalized spacial score (nSPS) is 32.0. The van der Waals surface area contributed by atoms with E-state index in [4.69, 9.17) is 0 Å². The molecule has 3 nitrogen and oxygen atoms in total. The third-order valence-electron chi connectivity index (χ3n) is 5.52. The molecule has 3 aliphatic heterocycles. The van der Waals surface area contributed by atoms with Crippen molar-refractivity contribution in [3.05, 3.63) is 54.7 Å². The van der Waals surface area contributed by atoms with Gasteiger partial charge in [0.1, 0.15) is 0 Å². The van der Waals surface area contributed by atoms with Crippen LogP contribution >= 0.6 is 0 Å². The van der Waals surface area contributed by atoms with Crippen molar-refractivity contribution in [1.29, 1.82) is 0 Å². The SMILES string of the molecule is C=C[C@@H]1CN2CC[C@@H]1C[C@H]2[C@H](O)c1ccnc2ccccc12. The highest BCUT2D eigenvalue weighted by atomic mass is 16.3. The number of para-hydroxylation sites is 1. The molecule has 0 radical (unpaired) electrons. The smallest absolute Gasteiger partial charge is 0.0952 e. The Balaban J connectivity index is 1.67. The molecule has 0 aliphatic carbocycles. The third-order valence-corrected chi connectivity index (χ3v) is 5.52. The van der Waals surface area contributed by atoms with Crippen molar-refractivity contribution in [1.82, 2.24) is 9.88 Å². The lowest BCUT2D eigenvalue weighted by Crippen LogP contribution is -2.54. The Kier molecular flexibility index (Phi) is 3.47. The standard InChI is InChI=1S/C19H22N2O/c1-2-13-12-21-10-8-14(13)11-18(21)19(22)16-7-9-20-17-6-4-3-5-15(16)17/h2-7,9,13-14,18-19,22H,1,8,10-12H2/t13-,14-,18+,19-/m1/s1. The molecule has 3 fully saturated rings. The van der Waals surface area contributed by atoms with Crippen LogP contribution in [0.4, 0.5) is 0 Å². The molecule has 0 amide bonds. The minimum absolute atomic E-state index is 0.223. The average molecular weight is 294 g/mol. The first-order valence-electron chi connectivity index (χ1n) is 8.16. The summed E-state index contributed by atoms with van der Waals surface area (Å²) >= 11 is 0. The predicted octanol–water partition coefficient (Wildman–Crippen LogP) is 3.16. The quantitative estimate of drug-likeness (QED) is 0.883. The lowest BCUT2D eigenvalue weighted by atomic mass is 9.73. The molecule has 1 aromatic carbocycles. The number of aliphatic hydroxyl groups excluding tert-OH is 1. The highest BCUT2D eigenvalue weighted by molar-refractivity contribution is 5.82. The molecule has 0 spiro atoms. The highest BCUT2D eigenvalue weighted by Crippen LogP contribution is 2.41. The first kappa shape index (κ1) is 13.9. The van der Waals surface area contributed by atoms with Gasteiger partial charge >= 0.3 is 0 Å². The second-order valence-electron chi connectivity index (χ2n) is 6.61. The van der Waals surface area contributed by atoms with Gasteiger partial charge in [-0.05, 0) is 48.9 Å². The Morgan fingerprint density at radius 3 is 2.95 bits per heavy atom. The molecule has 4 heterocycles. The summed E-state index contributed by atoms with van der Waals surface area (Å²) < 4.78 is 0. The predicted molar refractivity (Wildman–Crippen MR) is 88.5 cm³/mol. The fourth-order valence-electron chi connectivity index (χ4n) is 4.29. The van der Waals surface area contributed by atoms with Gasteiger partial charge in [-0.25, -0.2) is 0 Å². The van der Waals surface area contributed by atoms with Crippen LogP contribution in [0.25, 0.3) is 10.9 Å². The van der Waals surface area contributed by atoms with E-state index in [1.54, 1.807) is 0 Å². The summed E-state index contributed by atoms with van der Waals surface area (Å²) in [7, 11) is 0. The Bertz CT molecular complexity index is 693. The van der Waals surface area contributed by atoms with Crippen LogP contribution in [0.5, 0.6) is 0 Å². The number of pyridine rings is 1. The van der Waals surface area contributed by atoms with Gasteiger partial charge in [-0.3, -0.25) is 9.88 Å². The monoisotopic (exact) mass is 294 g/mol. The molecule has 1 aromatic heterocycles. The second kappa shape index (κ2) is 5.49. The van der Waals surface area contributed by atoms with E-state index in [0.29, 0.717) is 11.8 Å². The number of aromatic nitrogens is 1.